The van der Waals surface area contributed by atoms with Crippen molar-refractivity contribution in [1.29, 1.82) is 0 Å². The third kappa shape index (κ3) is 4.69. The van der Waals surface area contributed by atoms with Crippen molar-refractivity contribution in [3.8, 4) is 28.1 Å². The van der Waals surface area contributed by atoms with Gasteiger partial charge in [0.15, 0.2) is 0 Å². The van der Waals surface area contributed by atoms with E-state index >= 15 is 0 Å². The van der Waals surface area contributed by atoms with Crippen LogP contribution in [0.4, 0.5) is 24.9 Å². The van der Waals surface area contributed by atoms with Crippen LogP contribution in [0.5, 0.6) is 5.75 Å². The first-order chi connectivity index (χ1) is 18.1. The summed E-state index contributed by atoms with van der Waals surface area (Å²) < 4.78 is 39.2. The van der Waals surface area contributed by atoms with Crippen LogP contribution in [-0.4, -0.2) is 30.9 Å². The van der Waals surface area contributed by atoms with Crippen molar-refractivity contribution in [3.05, 3.63) is 89.9 Å². The Labute approximate surface area is 214 Å². The molecule has 0 aliphatic carbocycles. The van der Waals surface area contributed by atoms with E-state index < -0.39 is 17.6 Å². The van der Waals surface area contributed by atoms with Crippen LogP contribution in [0, 0.1) is 6.92 Å². The van der Waals surface area contributed by atoms with Crippen LogP contribution < -0.4 is 11.1 Å². The number of phenolic OH excluding ortho intramolecular Hbond substituents is 1. The van der Waals surface area contributed by atoms with Crippen LogP contribution in [0.2, 0.25) is 0 Å². The Kier molecular flexibility index (Phi) is 6.11. The van der Waals surface area contributed by atoms with Gasteiger partial charge in [-0.15, -0.1) is 0 Å². The van der Waals surface area contributed by atoms with Gasteiger partial charge in [-0.25, -0.2) is 15.0 Å². The van der Waals surface area contributed by atoms with E-state index in [1.54, 1.807) is 49.5 Å². The van der Waals surface area contributed by atoms with Crippen molar-refractivity contribution < 1.29 is 23.1 Å². The molecule has 11 heteroatoms. The molecule has 1 amide bonds. The Morgan fingerprint density at radius 1 is 0.974 bits per heavy atom. The summed E-state index contributed by atoms with van der Waals surface area (Å²) in [5, 5.41) is 14.4. The summed E-state index contributed by atoms with van der Waals surface area (Å²) in [6.45, 7) is 1.80. The molecule has 0 fully saturated rings. The van der Waals surface area contributed by atoms with Gasteiger partial charge >= 0.3 is 6.18 Å². The maximum atomic E-state index is 13.1. The van der Waals surface area contributed by atoms with Crippen molar-refractivity contribution in [1.82, 2.24) is 19.9 Å². The molecular weight excluding hydrogens is 497 g/mol. The fourth-order valence-electron chi connectivity index (χ4n) is 4.06. The average molecular weight is 516 g/mol. The zero-order chi connectivity index (χ0) is 27.0. The number of aryl methyl sites for hydroxylation is 1. The number of carbonyl (C=O) groups is 1. The van der Waals surface area contributed by atoms with Gasteiger partial charge in [0.1, 0.15) is 11.6 Å². The number of nitrogens with one attached hydrogen (secondary N) is 1. The number of amides is 1. The van der Waals surface area contributed by atoms with Crippen molar-refractivity contribution in [2.45, 2.75) is 13.1 Å². The zero-order valence-corrected chi connectivity index (χ0v) is 19.8. The van der Waals surface area contributed by atoms with Gasteiger partial charge in [0.25, 0.3) is 5.91 Å². The number of phenols is 1. The molecule has 0 saturated carbocycles. The Morgan fingerprint density at radius 3 is 2.53 bits per heavy atom. The largest absolute Gasteiger partial charge is 0.507 e. The van der Waals surface area contributed by atoms with Crippen LogP contribution in [-0.2, 0) is 6.18 Å². The summed E-state index contributed by atoms with van der Waals surface area (Å²) in [5.74, 6) is -1.01. The average Bonchev–Trinajstić information content (AvgIpc) is 2.89. The van der Waals surface area contributed by atoms with Crippen LogP contribution in [0.25, 0.3) is 33.3 Å². The minimum Gasteiger partial charge on any atom is -0.507 e. The van der Waals surface area contributed by atoms with Gasteiger partial charge < -0.3 is 16.2 Å². The number of hydrogen-bond acceptors (Lipinski definition) is 7. The van der Waals surface area contributed by atoms with E-state index in [0.717, 1.165) is 23.9 Å². The summed E-state index contributed by atoms with van der Waals surface area (Å²) in [5.41, 5.74) is 7.86. The van der Waals surface area contributed by atoms with Crippen LogP contribution >= 0.6 is 0 Å². The number of fused-ring (bicyclic) bond motifs is 1. The second kappa shape index (κ2) is 9.43. The monoisotopic (exact) mass is 516 g/mol. The number of anilines is 2. The van der Waals surface area contributed by atoms with Crippen molar-refractivity contribution in [3.63, 3.8) is 0 Å². The Balaban J connectivity index is 1.60. The van der Waals surface area contributed by atoms with Crippen LogP contribution in [0.1, 0.15) is 21.5 Å². The fraction of sp³-hybridized carbons (Fsp3) is 0.0741. The minimum absolute atomic E-state index is 0.0277. The topological polar surface area (TPSA) is 127 Å². The maximum Gasteiger partial charge on any atom is 0.416 e. The molecule has 8 nitrogen and oxygen atoms in total. The highest BCUT2D eigenvalue weighted by Crippen LogP contribution is 2.43. The first kappa shape index (κ1) is 24.6. The van der Waals surface area contributed by atoms with Gasteiger partial charge in [-0.2, -0.15) is 13.2 Å². The van der Waals surface area contributed by atoms with E-state index in [-0.39, 0.29) is 23.1 Å². The summed E-state index contributed by atoms with van der Waals surface area (Å²) in [7, 11) is 0. The van der Waals surface area contributed by atoms with Crippen molar-refractivity contribution >= 4 is 28.6 Å². The summed E-state index contributed by atoms with van der Waals surface area (Å²) >= 11 is 0. The van der Waals surface area contributed by atoms with E-state index in [2.05, 4.69) is 25.3 Å². The number of halogens is 3. The van der Waals surface area contributed by atoms with E-state index in [1.807, 2.05) is 0 Å². The molecule has 0 unspecified atom stereocenters. The Bertz CT molecular complexity index is 1690. The molecule has 2 aromatic carbocycles. The number of nitrogens with zero attached hydrogens (tertiary/aromatic N) is 4. The number of aromatic hydroxyl groups is 1. The van der Waals surface area contributed by atoms with E-state index in [4.69, 9.17) is 5.73 Å². The third-order valence-corrected chi connectivity index (χ3v) is 5.90. The molecule has 0 aliphatic heterocycles. The van der Waals surface area contributed by atoms with E-state index in [1.165, 1.54) is 12.3 Å². The normalized spacial score (nSPS) is 11.5. The second-order valence-corrected chi connectivity index (χ2v) is 8.44. The van der Waals surface area contributed by atoms with Gasteiger partial charge in [-0.3, -0.25) is 9.78 Å². The molecule has 0 bridgehead atoms. The smallest absolute Gasteiger partial charge is 0.416 e. The summed E-state index contributed by atoms with van der Waals surface area (Å²) in [6, 6.07) is 13.2. The highest BCUT2D eigenvalue weighted by molar-refractivity contribution is 6.06. The Morgan fingerprint density at radius 2 is 1.79 bits per heavy atom. The zero-order valence-electron chi connectivity index (χ0n) is 19.8. The molecule has 0 aliphatic rings. The summed E-state index contributed by atoms with van der Waals surface area (Å²) in [4.78, 5) is 29.5. The van der Waals surface area contributed by atoms with E-state index in [9.17, 15) is 23.1 Å². The first-order valence-corrected chi connectivity index (χ1v) is 11.3. The molecular formula is C27H19F3N6O2. The second-order valence-electron chi connectivity index (χ2n) is 8.44. The Hall–Kier alpha value is -5.06. The predicted octanol–water partition coefficient (Wildman–Crippen LogP) is 5.62. The van der Waals surface area contributed by atoms with Gasteiger partial charge in [-0.1, -0.05) is 12.1 Å². The molecule has 0 atom stereocenters. The number of nitrogen functional groups attached to an aromatic ring is 1. The molecule has 0 spiro atoms. The summed E-state index contributed by atoms with van der Waals surface area (Å²) in [6.07, 6.45) is -0.499. The van der Waals surface area contributed by atoms with Gasteiger partial charge in [0, 0.05) is 35.1 Å². The molecule has 5 rings (SSSR count). The van der Waals surface area contributed by atoms with Crippen LogP contribution in [0.3, 0.4) is 0 Å². The quantitative estimate of drug-likeness (QED) is 0.283. The molecule has 3 heterocycles. The van der Waals surface area contributed by atoms with Crippen molar-refractivity contribution in [2.24, 2.45) is 0 Å². The molecule has 0 saturated heterocycles. The number of carbonyl (C=O) groups excluding carboxylic acids is 1. The predicted molar refractivity (Wildman–Crippen MR) is 136 cm³/mol. The minimum atomic E-state index is -4.58. The lowest BCUT2D eigenvalue weighted by Crippen LogP contribution is -2.14. The van der Waals surface area contributed by atoms with Gasteiger partial charge in [0.2, 0.25) is 5.95 Å². The molecule has 4 N–H and O–H groups in total. The number of nitrogens with two attached hydrogens (primary N) is 1. The van der Waals surface area contributed by atoms with Gasteiger partial charge in [0.05, 0.1) is 22.3 Å². The standard InChI is InChI=1S/C27H19F3N6O2/c1-14-5-6-15(25(38)35-21-12-17(7-9-33-21)27(28,29)30)10-18(14)19-11-16-13-34-26(31)36-23(16)22(24(19)37)20-4-2-3-8-32-20/h2-13,37H,1H3,(H2,31,34,36)(H,33,35,38). The molecule has 38 heavy (non-hydrogen) atoms. The highest BCUT2D eigenvalue weighted by Gasteiger charge is 2.31. The molecule has 3 aromatic heterocycles. The SMILES string of the molecule is Cc1ccc(C(=O)Nc2cc(C(F)(F)F)ccn2)cc1-c1cc2cnc(N)nc2c(-c2ccccn2)c1O. The number of hydrogen-bond donors (Lipinski definition) is 3. The first-order valence-electron chi connectivity index (χ1n) is 11.3. The lowest BCUT2D eigenvalue weighted by Gasteiger charge is -2.16. The number of aromatic nitrogens is 4. The lowest BCUT2D eigenvalue weighted by atomic mass is 9.92. The van der Waals surface area contributed by atoms with Crippen molar-refractivity contribution in [2.75, 3.05) is 11.1 Å². The number of pyridine rings is 2. The van der Waals surface area contributed by atoms with Crippen LogP contribution in [0.15, 0.2) is 73.2 Å². The fourth-order valence-corrected chi connectivity index (χ4v) is 4.06. The number of rotatable bonds is 4. The molecule has 5 aromatic rings. The maximum absolute atomic E-state index is 13.1. The highest BCUT2D eigenvalue weighted by atomic mass is 19.4. The molecule has 0 radical (unpaired) electrons. The number of benzene rings is 2. The van der Waals surface area contributed by atoms with Gasteiger partial charge in [-0.05, 0) is 60.5 Å². The lowest BCUT2D eigenvalue weighted by molar-refractivity contribution is -0.137. The third-order valence-electron chi connectivity index (χ3n) is 5.90. The number of alkyl halides is 3. The molecule has 190 valence electrons. The van der Waals surface area contributed by atoms with E-state index in [0.29, 0.717) is 33.3 Å².